The summed E-state index contributed by atoms with van der Waals surface area (Å²) in [7, 11) is 0. The van der Waals surface area contributed by atoms with Crippen LogP contribution in [-0.2, 0) is 6.54 Å². The topological polar surface area (TPSA) is 39.9 Å². The van der Waals surface area contributed by atoms with Crippen molar-refractivity contribution in [3.63, 3.8) is 0 Å². The van der Waals surface area contributed by atoms with Gasteiger partial charge in [0.15, 0.2) is 0 Å². The SMILES string of the molecule is Cc1nccn1CCOc1cccc2cccnc12. The first-order valence-corrected chi connectivity index (χ1v) is 6.29. The molecule has 96 valence electrons. The largest absolute Gasteiger partial charge is 0.489 e. The zero-order valence-corrected chi connectivity index (χ0v) is 10.8. The number of benzene rings is 1. The van der Waals surface area contributed by atoms with Crippen LogP contribution in [-0.4, -0.2) is 21.1 Å². The van der Waals surface area contributed by atoms with Crippen LogP contribution in [0.15, 0.2) is 48.9 Å². The molecule has 0 bridgehead atoms. The number of rotatable bonds is 4. The molecule has 3 rings (SSSR count). The fourth-order valence-corrected chi connectivity index (χ4v) is 2.09. The van der Waals surface area contributed by atoms with Gasteiger partial charge in [-0.15, -0.1) is 0 Å². The average Bonchev–Trinajstić information content (AvgIpc) is 2.85. The highest BCUT2D eigenvalue weighted by molar-refractivity contribution is 5.84. The predicted octanol–water partition coefficient (Wildman–Crippen LogP) is 2.82. The van der Waals surface area contributed by atoms with Crippen molar-refractivity contribution in [2.24, 2.45) is 0 Å². The summed E-state index contributed by atoms with van der Waals surface area (Å²) in [5, 5.41) is 1.10. The summed E-state index contributed by atoms with van der Waals surface area (Å²) >= 11 is 0. The smallest absolute Gasteiger partial charge is 0.145 e. The van der Waals surface area contributed by atoms with Crippen LogP contribution in [0.25, 0.3) is 10.9 Å². The zero-order valence-electron chi connectivity index (χ0n) is 10.8. The molecule has 4 nitrogen and oxygen atoms in total. The monoisotopic (exact) mass is 253 g/mol. The first kappa shape index (κ1) is 11.7. The molecule has 0 spiro atoms. The molecule has 2 heterocycles. The number of hydrogen-bond donors (Lipinski definition) is 0. The minimum atomic E-state index is 0.604. The number of aromatic nitrogens is 3. The lowest BCUT2D eigenvalue weighted by atomic mass is 10.2. The van der Waals surface area contributed by atoms with Crippen LogP contribution >= 0.6 is 0 Å². The van der Waals surface area contributed by atoms with Crippen molar-refractivity contribution in [1.29, 1.82) is 0 Å². The Morgan fingerprint density at radius 1 is 1.11 bits per heavy atom. The Labute approximate surface area is 111 Å². The van der Waals surface area contributed by atoms with Gasteiger partial charge in [0, 0.05) is 24.0 Å². The van der Waals surface area contributed by atoms with Gasteiger partial charge in [-0.3, -0.25) is 4.98 Å². The Balaban J connectivity index is 1.74. The van der Waals surface area contributed by atoms with Gasteiger partial charge in [-0.25, -0.2) is 4.98 Å². The second kappa shape index (κ2) is 5.10. The van der Waals surface area contributed by atoms with Crippen molar-refractivity contribution in [1.82, 2.24) is 14.5 Å². The van der Waals surface area contributed by atoms with Gasteiger partial charge >= 0.3 is 0 Å². The van der Waals surface area contributed by atoms with Gasteiger partial charge in [0.2, 0.25) is 0 Å². The second-order valence-corrected chi connectivity index (χ2v) is 4.35. The first-order valence-electron chi connectivity index (χ1n) is 6.29. The quantitative estimate of drug-likeness (QED) is 0.717. The maximum absolute atomic E-state index is 5.84. The Bertz CT molecular complexity index is 685. The van der Waals surface area contributed by atoms with E-state index < -0.39 is 0 Å². The van der Waals surface area contributed by atoms with E-state index in [1.807, 2.05) is 43.5 Å². The molecule has 0 unspecified atom stereocenters. The summed E-state index contributed by atoms with van der Waals surface area (Å²) in [5.74, 6) is 1.83. The molecule has 0 fully saturated rings. The van der Waals surface area contributed by atoms with Gasteiger partial charge in [0.25, 0.3) is 0 Å². The van der Waals surface area contributed by atoms with Crippen LogP contribution in [0.5, 0.6) is 5.75 Å². The minimum Gasteiger partial charge on any atom is -0.489 e. The van der Waals surface area contributed by atoms with Crippen molar-refractivity contribution >= 4 is 10.9 Å². The molecule has 0 saturated carbocycles. The lowest BCUT2D eigenvalue weighted by Gasteiger charge is -2.09. The fourth-order valence-electron chi connectivity index (χ4n) is 2.09. The summed E-state index contributed by atoms with van der Waals surface area (Å²) in [6.07, 6.45) is 5.55. The van der Waals surface area contributed by atoms with Crippen LogP contribution in [0.2, 0.25) is 0 Å². The summed E-state index contributed by atoms with van der Waals surface area (Å²) in [6, 6.07) is 9.95. The van der Waals surface area contributed by atoms with Gasteiger partial charge in [-0.2, -0.15) is 0 Å². The summed E-state index contributed by atoms with van der Waals surface area (Å²) in [6.45, 7) is 3.38. The molecule has 3 aromatic rings. The maximum Gasteiger partial charge on any atom is 0.145 e. The number of nitrogens with zero attached hydrogens (tertiary/aromatic N) is 3. The zero-order chi connectivity index (χ0) is 13.1. The Morgan fingerprint density at radius 3 is 2.84 bits per heavy atom. The van der Waals surface area contributed by atoms with Crippen molar-refractivity contribution in [3.8, 4) is 5.75 Å². The molecule has 0 aliphatic rings. The van der Waals surface area contributed by atoms with Crippen LogP contribution in [0, 0.1) is 6.92 Å². The van der Waals surface area contributed by atoms with Crippen molar-refractivity contribution in [2.75, 3.05) is 6.61 Å². The summed E-state index contributed by atoms with van der Waals surface area (Å²) in [5.41, 5.74) is 0.910. The van der Waals surface area contributed by atoms with Crippen LogP contribution in [0.4, 0.5) is 0 Å². The van der Waals surface area contributed by atoms with Crippen molar-refractivity contribution in [3.05, 3.63) is 54.7 Å². The van der Waals surface area contributed by atoms with Gasteiger partial charge < -0.3 is 9.30 Å². The molecule has 0 aliphatic carbocycles. The standard InChI is InChI=1S/C15H15N3O/c1-12-16-8-9-18(12)10-11-19-14-6-2-4-13-5-3-7-17-15(13)14/h2-9H,10-11H2,1H3. The Kier molecular flexibility index (Phi) is 3.14. The molecule has 0 aliphatic heterocycles. The predicted molar refractivity (Wildman–Crippen MR) is 74.2 cm³/mol. The maximum atomic E-state index is 5.84. The lowest BCUT2D eigenvalue weighted by Crippen LogP contribution is -2.09. The van der Waals surface area contributed by atoms with Gasteiger partial charge in [-0.1, -0.05) is 18.2 Å². The number of pyridine rings is 1. The highest BCUT2D eigenvalue weighted by atomic mass is 16.5. The average molecular weight is 253 g/mol. The van der Waals surface area contributed by atoms with Crippen molar-refractivity contribution < 1.29 is 4.74 Å². The van der Waals surface area contributed by atoms with E-state index in [9.17, 15) is 0 Å². The molecule has 0 radical (unpaired) electrons. The van der Waals surface area contributed by atoms with Crippen molar-refractivity contribution in [2.45, 2.75) is 13.5 Å². The van der Waals surface area contributed by atoms with E-state index in [1.165, 1.54) is 0 Å². The Hall–Kier alpha value is -2.36. The third kappa shape index (κ3) is 2.42. The van der Waals surface area contributed by atoms with E-state index >= 15 is 0 Å². The number of ether oxygens (including phenoxy) is 1. The van der Waals surface area contributed by atoms with Gasteiger partial charge in [0.1, 0.15) is 23.7 Å². The molecular weight excluding hydrogens is 238 g/mol. The molecule has 4 heteroatoms. The Morgan fingerprint density at radius 2 is 2.00 bits per heavy atom. The molecule has 1 aromatic carbocycles. The third-order valence-electron chi connectivity index (χ3n) is 3.11. The molecule has 0 saturated heterocycles. The molecule has 19 heavy (non-hydrogen) atoms. The van der Waals surface area contributed by atoms with E-state index in [0.29, 0.717) is 6.61 Å². The van der Waals surface area contributed by atoms with E-state index in [-0.39, 0.29) is 0 Å². The van der Waals surface area contributed by atoms with E-state index in [1.54, 1.807) is 12.4 Å². The van der Waals surface area contributed by atoms with Crippen LogP contribution in [0.1, 0.15) is 5.82 Å². The van der Waals surface area contributed by atoms with Crippen LogP contribution in [0.3, 0.4) is 0 Å². The molecule has 2 aromatic heterocycles. The molecule has 0 atom stereocenters. The number of aryl methyl sites for hydroxylation is 1. The number of hydrogen-bond acceptors (Lipinski definition) is 3. The number of fused-ring (bicyclic) bond motifs is 1. The van der Waals surface area contributed by atoms with Gasteiger partial charge in [-0.05, 0) is 19.1 Å². The van der Waals surface area contributed by atoms with E-state index in [4.69, 9.17) is 4.74 Å². The van der Waals surface area contributed by atoms with Gasteiger partial charge in [0.05, 0.1) is 6.54 Å². The number of para-hydroxylation sites is 1. The highest BCUT2D eigenvalue weighted by Gasteiger charge is 2.03. The first-order chi connectivity index (χ1) is 9.34. The summed E-state index contributed by atoms with van der Waals surface area (Å²) < 4.78 is 7.90. The normalized spacial score (nSPS) is 10.8. The lowest BCUT2D eigenvalue weighted by molar-refractivity contribution is 0.300. The fraction of sp³-hybridized carbons (Fsp3) is 0.200. The molecule has 0 amide bonds. The minimum absolute atomic E-state index is 0.604. The second-order valence-electron chi connectivity index (χ2n) is 4.35. The van der Waals surface area contributed by atoms with Crippen LogP contribution < -0.4 is 4.74 Å². The highest BCUT2D eigenvalue weighted by Crippen LogP contribution is 2.22. The molecule has 0 N–H and O–H groups in total. The third-order valence-corrected chi connectivity index (χ3v) is 3.11. The molecular formula is C15H15N3O. The van der Waals surface area contributed by atoms with E-state index in [0.717, 1.165) is 29.0 Å². The van der Waals surface area contributed by atoms with E-state index in [2.05, 4.69) is 14.5 Å². The number of imidazole rings is 1. The summed E-state index contributed by atoms with van der Waals surface area (Å²) in [4.78, 5) is 8.56.